The van der Waals surface area contributed by atoms with Crippen molar-refractivity contribution >= 4 is 7.85 Å². The second-order valence-corrected chi connectivity index (χ2v) is 5.81. The van der Waals surface area contributed by atoms with E-state index in [1.165, 1.54) is 0 Å². The van der Waals surface area contributed by atoms with E-state index in [-0.39, 0.29) is 0 Å². The minimum Gasteiger partial charge on any atom is -0.171 e. The topological polar surface area (TPSA) is 0 Å². The van der Waals surface area contributed by atoms with Gasteiger partial charge in [-0.15, -0.1) is 0 Å². The van der Waals surface area contributed by atoms with E-state index in [0.717, 1.165) is 0 Å². The van der Waals surface area contributed by atoms with Crippen molar-refractivity contribution in [1.29, 1.82) is 0 Å². The van der Waals surface area contributed by atoms with Crippen LogP contribution in [0, 0.1) is 0 Å². The van der Waals surface area contributed by atoms with E-state index in [2.05, 4.69) is 0 Å². The largest absolute Gasteiger partial charge is 0.397 e. The van der Waals surface area contributed by atoms with Crippen LogP contribution in [0.3, 0.4) is 0 Å². The molecule has 0 heterocycles. The normalized spacial score (nSPS) is 16.8. The molecule has 0 radical (unpaired) electrons. The molecular weight excluding hydrogens is 426 g/mol. The van der Waals surface area contributed by atoms with Crippen LogP contribution in [0.25, 0.3) is 0 Å². The standard InChI is InChI=1S/C3F11P.C3H2F6/c4-1(2(5,6)7,3(8,9)10)15(11,12,13)14;4-2(5,6)1-3(7,8)9/h;1H2. The summed E-state index contributed by atoms with van der Waals surface area (Å²) in [5.74, 6) is 0. The predicted octanol–water partition coefficient (Wildman–Crippen LogP) is 7.37. The van der Waals surface area contributed by atoms with Crippen molar-refractivity contribution in [2.45, 2.75) is 36.5 Å². The minimum absolute atomic E-state index is 2.71. The average Bonchev–Trinajstić information content (AvgIpc) is 2.03. The average molecular weight is 428 g/mol. The molecule has 24 heavy (non-hydrogen) atoms. The van der Waals surface area contributed by atoms with E-state index in [4.69, 9.17) is 0 Å². The van der Waals surface area contributed by atoms with Crippen LogP contribution in [0.15, 0.2) is 0 Å². The van der Waals surface area contributed by atoms with E-state index >= 15 is 0 Å². The Morgan fingerprint density at radius 2 is 0.667 bits per heavy atom. The van der Waals surface area contributed by atoms with Crippen LogP contribution in [-0.2, 0) is 0 Å². The van der Waals surface area contributed by atoms with Crippen molar-refractivity contribution in [3.63, 3.8) is 0 Å². The van der Waals surface area contributed by atoms with Crippen LogP contribution in [0.4, 0.5) is 73.9 Å². The molecule has 0 nitrogen and oxygen atoms in total. The molecule has 0 aromatic heterocycles. The Kier molecular flexibility index (Phi) is 6.58. The van der Waals surface area contributed by atoms with E-state index < -0.39 is 44.4 Å². The van der Waals surface area contributed by atoms with Crippen molar-refractivity contribution in [3.8, 4) is 0 Å². The van der Waals surface area contributed by atoms with Gasteiger partial charge in [0, 0.05) is 0 Å². The third-order valence-corrected chi connectivity index (χ3v) is 3.06. The Balaban J connectivity index is 0. The maximum atomic E-state index is 12.0. The summed E-state index contributed by atoms with van der Waals surface area (Å²) in [5, 5.41) is -7.79. The van der Waals surface area contributed by atoms with Crippen LogP contribution in [0.2, 0.25) is 0 Å². The maximum Gasteiger partial charge on any atom is 0.397 e. The first-order chi connectivity index (χ1) is 9.72. The van der Waals surface area contributed by atoms with Crippen molar-refractivity contribution in [2.75, 3.05) is 0 Å². The predicted molar refractivity (Wildman–Crippen MR) is 44.0 cm³/mol. The van der Waals surface area contributed by atoms with Gasteiger partial charge in [-0.2, -0.15) is 26.3 Å². The van der Waals surface area contributed by atoms with Crippen LogP contribution in [0.5, 0.6) is 0 Å². The first-order valence-electron chi connectivity index (χ1n) is 4.56. The Hall–Kier alpha value is -0.760. The van der Waals surface area contributed by atoms with E-state index in [1.54, 1.807) is 0 Å². The van der Waals surface area contributed by atoms with Gasteiger partial charge < -0.3 is 0 Å². The van der Waals surface area contributed by atoms with Gasteiger partial charge in [0.15, 0.2) is 0 Å². The fraction of sp³-hybridized carbons (Fsp3) is 1.00. The van der Waals surface area contributed by atoms with Gasteiger partial charge in [-0.25, -0.2) is 0 Å². The smallest absolute Gasteiger partial charge is 0.171 e. The first-order valence-corrected chi connectivity index (χ1v) is 6.36. The summed E-state index contributed by atoms with van der Waals surface area (Å²) in [6.45, 7) is 0. The Morgan fingerprint density at radius 1 is 0.458 bits per heavy atom. The number of rotatable bonds is 1. The summed E-state index contributed by atoms with van der Waals surface area (Å²) in [4.78, 5) is 0. The zero-order valence-corrected chi connectivity index (χ0v) is 11.0. The van der Waals surface area contributed by atoms with Crippen molar-refractivity contribution < 1.29 is 73.9 Å². The maximum absolute atomic E-state index is 12.0. The molecule has 0 aliphatic rings. The summed E-state index contributed by atoms with van der Waals surface area (Å²) in [6.07, 6.45) is -27.9. The third-order valence-electron chi connectivity index (χ3n) is 1.62. The molecule has 0 aliphatic heterocycles. The van der Waals surface area contributed by atoms with Gasteiger partial charge in [0.25, 0.3) is 0 Å². The number of hydrogen-bond donors (Lipinski definition) is 0. The third kappa shape index (κ3) is 7.01. The molecule has 0 atom stereocenters. The summed E-state index contributed by atoms with van der Waals surface area (Å²) >= 11 is 0. The summed E-state index contributed by atoms with van der Waals surface area (Å²) < 4.78 is 191. The molecule has 0 saturated heterocycles. The van der Waals surface area contributed by atoms with Gasteiger partial charge >= 0.3 is 85.5 Å². The molecule has 0 amide bonds. The van der Waals surface area contributed by atoms with Crippen LogP contribution >= 0.6 is 7.85 Å². The summed E-state index contributed by atoms with van der Waals surface area (Å²) in [5.41, 5.74) is 0. The molecule has 0 unspecified atom stereocenters. The zero-order chi connectivity index (χ0) is 20.7. The van der Waals surface area contributed by atoms with Gasteiger partial charge in [0.1, 0.15) is 6.42 Å². The van der Waals surface area contributed by atoms with Crippen LogP contribution in [-0.4, -0.2) is 30.1 Å². The Bertz CT molecular complexity index is 375. The van der Waals surface area contributed by atoms with Gasteiger partial charge in [0.2, 0.25) is 0 Å². The van der Waals surface area contributed by atoms with Gasteiger partial charge in [-0.1, -0.05) is 0 Å². The van der Waals surface area contributed by atoms with Crippen molar-refractivity contribution in [2.24, 2.45) is 0 Å². The molecule has 0 N–H and O–H groups in total. The SMILES string of the molecule is FC(F)(F)C(F)(C(F)(F)F)P(F)(F)(F)F.FC(F)(F)CC(F)(F)F. The monoisotopic (exact) mass is 428 g/mol. The molecular formula is C6H2F17P. The molecule has 150 valence electrons. The van der Waals surface area contributed by atoms with Gasteiger partial charge in [-0.05, 0) is 0 Å². The fourth-order valence-electron chi connectivity index (χ4n) is 0.771. The zero-order valence-electron chi connectivity index (χ0n) is 10.1. The molecule has 18 heteroatoms. The van der Waals surface area contributed by atoms with Crippen LogP contribution < -0.4 is 0 Å². The molecule has 0 aliphatic carbocycles. The van der Waals surface area contributed by atoms with Crippen molar-refractivity contribution in [3.05, 3.63) is 0 Å². The Morgan fingerprint density at radius 3 is 0.667 bits per heavy atom. The van der Waals surface area contributed by atoms with Crippen LogP contribution in [0.1, 0.15) is 6.42 Å². The molecule has 0 saturated carbocycles. The summed E-state index contributed by atoms with van der Waals surface area (Å²) in [6, 6.07) is 0. The fourth-order valence-corrected chi connectivity index (χ4v) is 1.54. The van der Waals surface area contributed by atoms with E-state index in [1.807, 2.05) is 0 Å². The van der Waals surface area contributed by atoms with Gasteiger partial charge in [-0.3, -0.25) is 0 Å². The number of hydrogen-bond acceptors (Lipinski definition) is 0. The van der Waals surface area contributed by atoms with Gasteiger partial charge in [0.05, 0.1) is 0 Å². The number of halogens is 17. The summed E-state index contributed by atoms with van der Waals surface area (Å²) in [7, 11) is -10.6. The molecule has 0 spiro atoms. The molecule has 0 rings (SSSR count). The van der Waals surface area contributed by atoms with E-state index in [9.17, 15) is 73.9 Å². The molecule has 0 bridgehead atoms. The van der Waals surface area contributed by atoms with E-state index in [0.29, 0.717) is 0 Å². The minimum atomic E-state index is -10.6. The second kappa shape index (κ2) is 6.20. The molecule has 0 aromatic rings. The molecule has 0 fully saturated rings. The Labute approximate surface area is 120 Å². The number of alkyl halides is 13. The molecule has 0 aromatic carbocycles. The second-order valence-electron chi connectivity index (χ2n) is 3.75. The van der Waals surface area contributed by atoms with Crippen molar-refractivity contribution in [1.82, 2.24) is 0 Å². The quantitative estimate of drug-likeness (QED) is 0.302. The first kappa shape index (κ1) is 25.5.